The van der Waals surface area contributed by atoms with Gasteiger partial charge < -0.3 is 9.80 Å². The molecule has 2 fully saturated rings. The van der Waals surface area contributed by atoms with Crippen molar-refractivity contribution in [2.45, 2.75) is 12.8 Å². The van der Waals surface area contributed by atoms with Crippen LogP contribution in [-0.2, 0) is 14.8 Å². The molecule has 4 rings (SSSR count). The number of amidine groups is 1. The van der Waals surface area contributed by atoms with E-state index in [-0.39, 0.29) is 17.5 Å². The molecule has 0 spiro atoms. The quantitative estimate of drug-likeness (QED) is 0.718. The number of amides is 1. The van der Waals surface area contributed by atoms with Crippen LogP contribution in [0, 0.1) is 5.92 Å². The maximum absolute atomic E-state index is 12.9. The lowest BCUT2D eigenvalue weighted by Crippen LogP contribution is -2.51. The molecule has 0 aromatic heterocycles. The summed E-state index contributed by atoms with van der Waals surface area (Å²) in [7, 11) is -3.47. The summed E-state index contributed by atoms with van der Waals surface area (Å²) in [6, 6.07) is 0. The third-order valence-electron chi connectivity index (χ3n) is 4.96. The van der Waals surface area contributed by atoms with Crippen molar-refractivity contribution in [2.24, 2.45) is 10.3 Å². The van der Waals surface area contributed by atoms with Gasteiger partial charge in [-0.25, -0.2) is 8.42 Å². The summed E-state index contributed by atoms with van der Waals surface area (Å²) in [6.45, 7) is 4.64. The summed E-state index contributed by atoms with van der Waals surface area (Å²) in [5.41, 5.74) is 0.386. The summed E-state index contributed by atoms with van der Waals surface area (Å²) in [6.07, 6.45) is 7.91. The van der Waals surface area contributed by atoms with Crippen LogP contribution in [0.1, 0.15) is 12.8 Å². The fraction of sp³-hybridized carbons (Fsp3) is 0.625. The Kier molecular flexibility index (Phi) is 3.96. The lowest BCUT2D eigenvalue weighted by molar-refractivity contribution is -0.128. The number of hydrogen-bond donors (Lipinski definition) is 0. The van der Waals surface area contributed by atoms with Crippen molar-refractivity contribution in [3.63, 3.8) is 0 Å². The Bertz CT molecular complexity index is 728. The maximum Gasteiger partial charge on any atom is 0.257 e. The van der Waals surface area contributed by atoms with Gasteiger partial charge in [-0.2, -0.15) is 0 Å². The molecular formula is C16H22N4O3S. The summed E-state index contributed by atoms with van der Waals surface area (Å²) in [5.74, 6) is 0.997. The Hall–Kier alpha value is -1.67. The molecular weight excluding hydrogens is 328 g/mol. The van der Waals surface area contributed by atoms with Crippen LogP contribution >= 0.6 is 0 Å². The molecule has 0 N–H and O–H groups in total. The molecule has 4 aliphatic rings. The van der Waals surface area contributed by atoms with E-state index in [1.165, 1.54) is 12.8 Å². The lowest BCUT2D eigenvalue weighted by atomic mass is 10.1. The van der Waals surface area contributed by atoms with Gasteiger partial charge in [0, 0.05) is 45.5 Å². The Morgan fingerprint density at radius 2 is 1.92 bits per heavy atom. The van der Waals surface area contributed by atoms with E-state index in [0.29, 0.717) is 25.2 Å². The molecule has 1 saturated carbocycles. The van der Waals surface area contributed by atoms with Crippen molar-refractivity contribution < 1.29 is 13.2 Å². The highest BCUT2D eigenvalue weighted by Gasteiger charge is 2.33. The Morgan fingerprint density at radius 1 is 1.17 bits per heavy atom. The van der Waals surface area contributed by atoms with Crippen LogP contribution in [0.15, 0.2) is 28.3 Å². The normalized spacial score (nSPS) is 26.7. The van der Waals surface area contributed by atoms with Crippen molar-refractivity contribution in [1.82, 2.24) is 14.7 Å². The number of fused-ring (bicyclic) bond motifs is 1. The van der Waals surface area contributed by atoms with Crippen LogP contribution in [0.25, 0.3) is 0 Å². The summed E-state index contributed by atoms with van der Waals surface area (Å²) < 4.78 is 27.4. The van der Waals surface area contributed by atoms with E-state index in [9.17, 15) is 13.2 Å². The van der Waals surface area contributed by atoms with Crippen LogP contribution in [-0.4, -0.2) is 79.9 Å². The second-order valence-corrected chi connectivity index (χ2v) is 8.61. The molecule has 24 heavy (non-hydrogen) atoms. The number of nitrogens with zero attached hydrogens (tertiary/aromatic N) is 4. The Morgan fingerprint density at radius 3 is 2.62 bits per heavy atom. The molecule has 130 valence electrons. The fourth-order valence-electron chi connectivity index (χ4n) is 3.35. The predicted molar refractivity (Wildman–Crippen MR) is 90.9 cm³/mol. The molecule has 8 heteroatoms. The molecule has 1 aliphatic carbocycles. The van der Waals surface area contributed by atoms with E-state index in [1.807, 2.05) is 4.90 Å². The number of hydrogen-bond acceptors (Lipinski definition) is 5. The number of sulfonamides is 1. The van der Waals surface area contributed by atoms with Crippen molar-refractivity contribution in [3.8, 4) is 0 Å². The molecule has 7 nitrogen and oxygen atoms in total. The van der Waals surface area contributed by atoms with E-state index in [4.69, 9.17) is 0 Å². The number of piperazine rings is 1. The van der Waals surface area contributed by atoms with Crippen molar-refractivity contribution >= 4 is 21.8 Å². The summed E-state index contributed by atoms with van der Waals surface area (Å²) in [5, 5.41) is 0. The largest absolute Gasteiger partial charge is 0.336 e. The second kappa shape index (κ2) is 6.00. The van der Waals surface area contributed by atoms with Crippen molar-refractivity contribution in [1.29, 1.82) is 0 Å². The molecule has 0 radical (unpaired) electrons. The number of carbonyl (C=O) groups excluding carboxylic acids is 1. The fourth-order valence-corrected chi connectivity index (χ4v) is 4.34. The number of allylic oxidation sites excluding steroid dienone is 2. The monoisotopic (exact) mass is 350 g/mol. The highest BCUT2D eigenvalue weighted by Crippen LogP contribution is 2.30. The third kappa shape index (κ3) is 3.25. The molecule has 0 atom stereocenters. The zero-order valence-electron chi connectivity index (χ0n) is 13.6. The van der Waals surface area contributed by atoms with E-state index in [2.05, 4.69) is 9.30 Å². The van der Waals surface area contributed by atoms with Crippen molar-refractivity contribution in [3.05, 3.63) is 23.9 Å². The second-order valence-electron chi connectivity index (χ2n) is 6.85. The van der Waals surface area contributed by atoms with Gasteiger partial charge in [-0.05, 0) is 30.9 Å². The molecule has 0 aromatic rings. The molecule has 0 bridgehead atoms. The van der Waals surface area contributed by atoms with E-state index >= 15 is 0 Å². The minimum Gasteiger partial charge on any atom is -0.336 e. The van der Waals surface area contributed by atoms with Gasteiger partial charge in [-0.3, -0.25) is 9.69 Å². The van der Waals surface area contributed by atoms with Gasteiger partial charge in [-0.1, -0.05) is 0 Å². The van der Waals surface area contributed by atoms with Crippen LogP contribution in [0.4, 0.5) is 0 Å². The van der Waals surface area contributed by atoms with E-state index in [0.717, 1.165) is 25.6 Å². The van der Waals surface area contributed by atoms with Gasteiger partial charge in [0.2, 0.25) is 0 Å². The molecule has 3 aliphatic heterocycles. The third-order valence-corrected chi connectivity index (χ3v) is 6.11. The molecule has 0 unspecified atom stereocenters. The molecule has 1 saturated heterocycles. The van der Waals surface area contributed by atoms with Gasteiger partial charge >= 0.3 is 0 Å². The van der Waals surface area contributed by atoms with E-state index in [1.54, 1.807) is 23.3 Å². The lowest BCUT2D eigenvalue weighted by Gasteiger charge is -2.36. The first-order valence-corrected chi connectivity index (χ1v) is 10.1. The van der Waals surface area contributed by atoms with Crippen LogP contribution in [0.5, 0.6) is 0 Å². The minimum atomic E-state index is -3.47. The first-order valence-electron chi connectivity index (χ1n) is 8.52. The van der Waals surface area contributed by atoms with Crippen LogP contribution in [0.2, 0.25) is 0 Å². The zero-order valence-corrected chi connectivity index (χ0v) is 14.4. The standard InChI is InChI=1S/C16H22N4O3S/c21-16(20-8-6-18(7-9-20)12-13-3-4-13)14-2-1-5-19-10-11-24(22,23)17-15(14)19/h1-2,5,13H,3-4,6-12H2. The smallest absolute Gasteiger partial charge is 0.257 e. The van der Waals surface area contributed by atoms with Gasteiger partial charge in [0.25, 0.3) is 15.9 Å². The van der Waals surface area contributed by atoms with Gasteiger partial charge in [-0.15, -0.1) is 4.40 Å². The molecule has 0 aromatic carbocycles. The van der Waals surface area contributed by atoms with Gasteiger partial charge in [0.1, 0.15) is 0 Å². The number of carbonyl (C=O) groups is 1. The van der Waals surface area contributed by atoms with Gasteiger partial charge in [0.05, 0.1) is 11.3 Å². The average Bonchev–Trinajstić information content (AvgIpc) is 3.37. The zero-order chi connectivity index (χ0) is 16.7. The van der Waals surface area contributed by atoms with Crippen molar-refractivity contribution in [2.75, 3.05) is 45.0 Å². The van der Waals surface area contributed by atoms with Crippen LogP contribution < -0.4 is 0 Å². The SMILES string of the molecule is O=C(C1=CC=CN2CCS(=O)(=O)N=C12)N1CCN(CC2CC2)CC1. The highest BCUT2D eigenvalue weighted by molar-refractivity contribution is 7.90. The Balaban J connectivity index is 1.46. The maximum atomic E-state index is 12.9. The highest BCUT2D eigenvalue weighted by atomic mass is 32.2. The topological polar surface area (TPSA) is 73.3 Å². The predicted octanol–water partition coefficient (Wildman–Crippen LogP) is 0.0382. The minimum absolute atomic E-state index is 0.0118. The number of rotatable bonds is 3. The first-order chi connectivity index (χ1) is 11.5. The summed E-state index contributed by atoms with van der Waals surface area (Å²) >= 11 is 0. The van der Waals surface area contributed by atoms with Gasteiger partial charge in [0.15, 0.2) is 5.84 Å². The molecule has 1 amide bonds. The first kappa shape index (κ1) is 15.8. The van der Waals surface area contributed by atoms with E-state index < -0.39 is 10.0 Å². The average molecular weight is 350 g/mol. The molecule has 3 heterocycles. The Labute approximate surface area is 142 Å². The summed E-state index contributed by atoms with van der Waals surface area (Å²) in [4.78, 5) is 18.8. The van der Waals surface area contributed by atoms with Crippen LogP contribution in [0.3, 0.4) is 0 Å².